The number of hydrogen-bond acceptors (Lipinski definition) is 3. The number of aromatic nitrogens is 1. The Morgan fingerprint density at radius 3 is 3.00 bits per heavy atom. The first-order valence-corrected chi connectivity index (χ1v) is 7.63. The molecule has 0 aromatic carbocycles. The Kier molecular flexibility index (Phi) is 5.24. The number of carboxylic acid groups (broad SMARTS) is 1. The second-order valence-electron chi connectivity index (χ2n) is 5.40. The second-order valence-corrected chi connectivity index (χ2v) is 5.81. The number of hydrogen-bond donors (Lipinski definition) is 1. The molecule has 1 aliphatic rings. The Labute approximate surface area is 124 Å². The number of nitrogens with zero attached hydrogens (tertiary/aromatic N) is 2. The first-order valence-electron chi connectivity index (χ1n) is 7.25. The summed E-state index contributed by atoms with van der Waals surface area (Å²) in [5.41, 5.74) is 0.131. The van der Waals surface area contributed by atoms with Crippen LogP contribution >= 0.6 is 11.6 Å². The lowest BCUT2D eigenvalue weighted by Gasteiger charge is -2.22. The zero-order chi connectivity index (χ0) is 14.5. The fraction of sp³-hybridized carbons (Fsp3) is 0.600. The summed E-state index contributed by atoms with van der Waals surface area (Å²) in [5.74, 6) is 0.512. The van der Waals surface area contributed by atoms with E-state index >= 15 is 0 Å². The molecule has 1 N–H and O–H groups in total. The fourth-order valence-corrected chi connectivity index (χ4v) is 3.04. The molecule has 0 amide bonds. The van der Waals surface area contributed by atoms with E-state index in [1.54, 1.807) is 6.07 Å². The maximum atomic E-state index is 11.1. The van der Waals surface area contributed by atoms with Crippen molar-refractivity contribution in [1.29, 1.82) is 0 Å². The van der Waals surface area contributed by atoms with Crippen molar-refractivity contribution in [2.45, 2.75) is 39.0 Å². The van der Waals surface area contributed by atoms with Crippen molar-refractivity contribution in [3.05, 3.63) is 22.8 Å². The molecule has 1 saturated heterocycles. The van der Waals surface area contributed by atoms with E-state index in [0.717, 1.165) is 37.7 Å². The highest BCUT2D eigenvalue weighted by atomic mass is 35.5. The van der Waals surface area contributed by atoms with Gasteiger partial charge in [-0.15, -0.1) is 0 Å². The smallest absolute Gasteiger partial charge is 0.337 e. The number of rotatable bonds is 4. The first-order chi connectivity index (χ1) is 9.61. The zero-order valence-corrected chi connectivity index (χ0v) is 12.6. The molecule has 1 fully saturated rings. The lowest BCUT2D eigenvalue weighted by atomic mass is 9.96. The highest BCUT2D eigenvalue weighted by Gasteiger charge is 2.19. The molecule has 0 saturated carbocycles. The van der Waals surface area contributed by atoms with Gasteiger partial charge in [-0.1, -0.05) is 31.4 Å². The molecule has 0 radical (unpaired) electrons. The van der Waals surface area contributed by atoms with Crippen LogP contribution in [0, 0.1) is 5.92 Å². The third-order valence-corrected chi connectivity index (χ3v) is 4.24. The van der Waals surface area contributed by atoms with E-state index in [1.165, 1.54) is 25.5 Å². The molecule has 1 unspecified atom stereocenters. The van der Waals surface area contributed by atoms with Crippen LogP contribution in [-0.2, 0) is 0 Å². The minimum absolute atomic E-state index is 0.131. The average molecular weight is 297 g/mol. The molecule has 20 heavy (non-hydrogen) atoms. The summed E-state index contributed by atoms with van der Waals surface area (Å²) in [7, 11) is 0. The summed E-state index contributed by atoms with van der Waals surface area (Å²) in [6.45, 7) is 4.11. The second kappa shape index (κ2) is 6.93. The minimum Gasteiger partial charge on any atom is -0.478 e. The summed E-state index contributed by atoms with van der Waals surface area (Å²) in [4.78, 5) is 17.6. The number of aromatic carboxylic acids is 1. The number of pyridine rings is 1. The van der Waals surface area contributed by atoms with Gasteiger partial charge in [0.05, 0.1) is 10.6 Å². The summed E-state index contributed by atoms with van der Waals surface area (Å²) >= 11 is 5.86. The van der Waals surface area contributed by atoms with Crippen molar-refractivity contribution in [2.75, 3.05) is 18.0 Å². The van der Waals surface area contributed by atoms with Gasteiger partial charge in [0.25, 0.3) is 0 Å². The lowest BCUT2D eigenvalue weighted by molar-refractivity contribution is 0.0697. The number of halogens is 1. The Morgan fingerprint density at radius 1 is 1.50 bits per heavy atom. The van der Waals surface area contributed by atoms with Gasteiger partial charge in [0, 0.05) is 19.3 Å². The summed E-state index contributed by atoms with van der Waals surface area (Å²) in [5, 5.41) is 9.32. The molecule has 2 rings (SSSR count). The number of anilines is 1. The molecule has 0 aliphatic carbocycles. The predicted molar refractivity (Wildman–Crippen MR) is 80.7 cm³/mol. The van der Waals surface area contributed by atoms with Crippen LogP contribution in [0.2, 0.25) is 5.02 Å². The van der Waals surface area contributed by atoms with Gasteiger partial charge < -0.3 is 10.0 Å². The highest BCUT2D eigenvalue weighted by molar-refractivity contribution is 6.33. The average Bonchev–Trinajstić information content (AvgIpc) is 2.65. The molecular weight excluding hydrogens is 276 g/mol. The third kappa shape index (κ3) is 3.63. The van der Waals surface area contributed by atoms with E-state index < -0.39 is 5.97 Å². The molecule has 0 bridgehead atoms. The number of carboxylic acids is 1. The zero-order valence-electron chi connectivity index (χ0n) is 11.8. The van der Waals surface area contributed by atoms with Gasteiger partial charge >= 0.3 is 5.97 Å². The van der Waals surface area contributed by atoms with E-state index in [1.807, 2.05) is 0 Å². The molecule has 2 heterocycles. The van der Waals surface area contributed by atoms with Crippen molar-refractivity contribution >= 4 is 23.4 Å². The van der Waals surface area contributed by atoms with Crippen LogP contribution in [0.1, 0.15) is 49.4 Å². The van der Waals surface area contributed by atoms with Crippen molar-refractivity contribution in [3.63, 3.8) is 0 Å². The SMILES string of the molecule is CCCC1CCCN(c2cc(C(=O)O)c(Cl)cn2)CC1. The summed E-state index contributed by atoms with van der Waals surface area (Å²) in [6.07, 6.45) is 7.49. The third-order valence-electron chi connectivity index (χ3n) is 3.94. The van der Waals surface area contributed by atoms with E-state index in [0.29, 0.717) is 0 Å². The van der Waals surface area contributed by atoms with Gasteiger partial charge in [-0.2, -0.15) is 0 Å². The Hall–Kier alpha value is -1.29. The van der Waals surface area contributed by atoms with Crippen LogP contribution in [0.5, 0.6) is 0 Å². The van der Waals surface area contributed by atoms with Crippen molar-refractivity contribution in [3.8, 4) is 0 Å². The van der Waals surface area contributed by atoms with Gasteiger partial charge in [0.2, 0.25) is 0 Å². The van der Waals surface area contributed by atoms with Crippen molar-refractivity contribution < 1.29 is 9.90 Å². The topological polar surface area (TPSA) is 53.4 Å². The van der Waals surface area contributed by atoms with Crippen molar-refractivity contribution in [1.82, 2.24) is 4.98 Å². The largest absolute Gasteiger partial charge is 0.478 e. The van der Waals surface area contributed by atoms with Gasteiger partial charge in [0.1, 0.15) is 5.82 Å². The van der Waals surface area contributed by atoms with Crippen LogP contribution < -0.4 is 4.90 Å². The molecule has 0 spiro atoms. The van der Waals surface area contributed by atoms with Crippen LogP contribution in [0.25, 0.3) is 0 Å². The predicted octanol–water partition coefficient (Wildman–Crippen LogP) is 3.84. The van der Waals surface area contributed by atoms with Crippen LogP contribution in [0.3, 0.4) is 0 Å². The Bertz CT molecular complexity index is 479. The van der Waals surface area contributed by atoms with Crippen LogP contribution in [0.15, 0.2) is 12.3 Å². The molecule has 1 aromatic heterocycles. The maximum Gasteiger partial charge on any atom is 0.337 e. The van der Waals surface area contributed by atoms with Crippen LogP contribution in [0.4, 0.5) is 5.82 Å². The number of carbonyl (C=O) groups is 1. The molecule has 1 aromatic rings. The van der Waals surface area contributed by atoms with E-state index in [-0.39, 0.29) is 10.6 Å². The highest BCUT2D eigenvalue weighted by Crippen LogP contribution is 2.26. The molecule has 5 heteroatoms. The van der Waals surface area contributed by atoms with Gasteiger partial charge in [-0.25, -0.2) is 9.78 Å². The molecule has 4 nitrogen and oxygen atoms in total. The van der Waals surface area contributed by atoms with E-state index in [2.05, 4.69) is 16.8 Å². The van der Waals surface area contributed by atoms with E-state index in [4.69, 9.17) is 16.7 Å². The Balaban J connectivity index is 2.11. The normalized spacial score (nSPS) is 19.7. The minimum atomic E-state index is -1.00. The maximum absolute atomic E-state index is 11.1. The Morgan fingerprint density at radius 2 is 2.30 bits per heavy atom. The van der Waals surface area contributed by atoms with Crippen LogP contribution in [-0.4, -0.2) is 29.1 Å². The molecule has 1 atom stereocenters. The lowest BCUT2D eigenvalue weighted by Crippen LogP contribution is -2.25. The van der Waals surface area contributed by atoms with Crippen molar-refractivity contribution in [2.24, 2.45) is 5.92 Å². The van der Waals surface area contributed by atoms with E-state index in [9.17, 15) is 4.79 Å². The van der Waals surface area contributed by atoms with Gasteiger partial charge in [-0.3, -0.25) is 0 Å². The first kappa shape index (κ1) is 15.1. The van der Waals surface area contributed by atoms with Gasteiger partial charge in [0.15, 0.2) is 0 Å². The fourth-order valence-electron chi connectivity index (χ4n) is 2.86. The molecule has 110 valence electrons. The molecular formula is C15H21ClN2O2. The van der Waals surface area contributed by atoms with Gasteiger partial charge in [-0.05, 0) is 31.2 Å². The monoisotopic (exact) mass is 296 g/mol. The molecule has 1 aliphatic heterocycles. The summed E-state index contributed by atoms with van der Waals surface area (Å²) < 4.78 is 0. The summed E-state index contributed by atoms with van der Waals surface area (Å²) in [6, 6.07) is 1.59. The standard InChI is InChI=1S/C15H21ClN2O2/c1-2-4-11-5-3-7-18(8-6-11)14-9-12(15(19)20)13(16)10-17-14/h9-11H,2-8H2,1H3,(H,19,20). The quantitative estimate of drug-likeness (QED) is 0.917.